The highest BCUT2D eigenvalue weighted by molar-refractivity contribution is 4.98. The SMILES string of the molecule is O=c1ccn([C@H]2C=C[C@H](O)CO2)c(=O)[nH]1. The van der Waals surface area contributed by atoms with Crippen LogP contribution in [-0.2, 0) is 4.74 Å². The number of aliphatic hydroxyl groups excluding tert-OH is 1. The van der Waals surface area contributed by atoms with E-state index in [4.69, 9.17) is 9.84 Å². The fraction of sp³-hybridized carbons (Fsp3) is 0.333. The van der Waals surface area contributed by atoms with E-state index in [1.807, 2.05) is 0 Å². The molecule has 2 atom stereocenters. The smallest absolute Gasteiger partial charge is 0.330 e. The van der Waals surface area contributed by atoms with Gasteiger partial charge >= 0.3 is 5.69 Å². The molecule has 6 nitrogen and oxygen atoms in total. The van der Waals surface area contributed by atoms with Gasteiger partial charge in [-0.2, -0.15) is 0 Å². The van der Waals surface area contributed by atoms with E-state index in [1.54, 1.807) is 12.2 Å². The summed E-state index contributed by atoms with van der Waals surface area (Å²) in [6.45, 7) is 0.132. The van der Waals surface area contributed by atoms with Crippen LogP contribution in [0.2, 0.25) is 0 Å². The summed E-state index contributed by atoms with van der Waals surface area (Å²) in [7, 11) is 0. The van der Waals surface area contributed by atoms with Crippen molar-refractivity contribution in [3.8, 4) is 0 Å². The second kappa shape index (κ2) is 3.84. The second-order valence-electron chi connectivity index (χ2n) is 3.19. The summed E-state index contributed by atoms with van der Waals surface area (Å²) in [5.74, 6) is 0. The van der Waals surface area contributed by atoms with Crippen molar-refractivity contribution < 1.29 is 9.84 Å². The van der Waals surface area contributed by atoms with Crippen molar-refractivity contribution in [1.29, 1.82) is 0 Å². The summed E-state index contributed by atoms with van der Waals surface area (Å²) in [5.41, 5.74) is -0.982. The van der Waals surface area contributed by atoms with Crippen LogP contribution in [0.4, 0.5) is 0 Å². The van der Waals surface area contributed by atoms with Crippen molar-refractivity contribution in [2.45, 2.75) is 12.3 Å². The van der Waals surface area contributed by atoms with E-state index in [0.29, 0.717) is 0 Å². The molecule has 6 heteroatoms. The zero-order valence-corrected chi connectivity index (χ0v) is 7.79. The third kappa shape index (κ3) is 2.05. The van der Waals surface area contributed by atoms with Crippen molar-refractivity contribution in [3.63, 3.8) is 0 Å². The average molecular weight is 210 g/mol. The van der Waals surface area contributed by atoms with Crippen LogP contribution in [0.1, 0.15) is 6.23 Å². The molecule has 0 spiro atoms. The number of H-pyrrole nitrogens is 1. The lowest BCUT2D eigenvalue weighted by Crippen LogP contribution is -2.34. The van der Waals surface area contributed by atoms with Gasteiger partial charge in [0.2, 0.25) is 0 Å². The molecule has 0 saturated heterocycles. The Bertz CT molecular complexity index is 487. The topological polar surface area (TPSA) is 84.3 Å². The second-order valence-corrected chi connectivity index (χ2v) is 3.19. The molecule has 0 aromatic carbocycles. The Morgan fingerprint density at radius 2 is 2.27 bits per heavy atom. The maximum atomic E-state index is 11.4. The molecule has 80 valence electrons. The molecule has 1 aromatic heterocycles. The average Bonchev–Trinajstić information content (AvgIpc) is 2.20. The van der Waals surface area contributed by atoms with Crippen molar-refractivity contribution >= 4 is 0 Å². The Morgan fingerprint density at radius 3 is 2.87 bits per heavy atom. The van der Waals surface area contributed by atoms with Crippen molar-refractivity contribution in [2.24, 2.45) is 0 Å². The third-order valence-corrected chi connectivity index (χ3v) is 2.06. The number of aliphatic hydroxyl groups is 1. The van der Waals surface area contributed by atoms with Gasteiger partial charge < -0.3 is 9.84 Å². The number of nitrogens with one attached hydrogen (secondary N) is 1. The first-order valence-corrected chi connectivity index (χ1v) is 4.46. The molecule has 0 bridgehead atoms. The molecular formula is C9H10N2O4. The molecule has 0 radical (unpaired) electrons. The standard InChI is InChI=1S/C9H10N2O4/c12-6-1-2-8(15-5-6)11-4-3-7(13)10-9(11)14/h1-4,6,8,12H,5H2,(H,10,13,14)/t6-,8+/m0/s1. The maximum Gasteiger partial charge on any atom is 0.330 e. The molecule has 2 N–H and O–H groups in total. The monoisotopic (exact) mass is 210 g/mol. The lowest BCUT2D eigenvalue weighted by molar-refractivity contribution is -0.0203. The van der Waals surface area contributed by atoms with E-state index in [2.05, 4.69) is 4.98 Å². The number of aromatic amines is 1. The van der Waals surface area contributed by atoms with Crippen LogP contribution in [0.15, 0.2) is 34.0 Å². The van der Waals surface area contributed by atoms with Crippen LogP contribution in [0.5, 0.6) is 0 Å². The highest BCUT2D eigenvalue weighted by Gasteiger charge is 2.16. The molecule has 1 aliphatic rings. The van der Waals surface area contributed by atoms with Crippen LogP contribution < -0.4 is 11.2 Å². The van der Waals surface area contributed by atoms with Gasteiger partial charge in [0.1, 0.15) is 0 Å². The van der Waals surface area contributed by atoms with Crippen molar-refractivity contribution in [2.75, 3.05) is 6.61 Å². The van der Waals surface area contributed by atoms with Crippen LogP contribution in [0.3, 0.4) is 0 Å². The number of hydrogen-bond acceptors (Lipinski definition) is 4. The minimum absolute atomic E-state index is 0.132. The minimum atomic E-state index is -0.639. The molecule has 2 heterocycles. The zero-order chi connectivity index (χ0) is 10.8. The normalized spacial score (nSPS) is 25.4. The maximum absolute atomic E-state index is 11.4. The summed E-state index contributed by atoms with van der Waals surface area (Å²) < 4.78 is 6.44. The molecule has 0 aliphatic carbocycles. The van der Waals surface area contributed by atoms with Crippen LogP contribution in [-0.4, -0.2) is 27.4 Å². The van der Waals surface area contributed by atoms with Crippen LogP contribution in [0.25, 0.3) is 0 Å². The third-order valence-electron chi connectivity index (χ3n) is 2.06. The Balaban J connectivity index is 2.35. The van der Waals surface area contributed by atoms with E-state index < -0.39 is 23.6 Å². The Kier molecular flexibility index (Phi) is 2.53. The van der Waals surface area contributed by atoms with Crippen molar-refractivity contribution in [1.82, 2.24) is 9.55 Å². The number of aromatic nitrogens is 2. The largest absolute Gasteiger partial charge is 0.387 e. The summed E-state index contributed by atoms with van der Waals surface area (Å²) in [6.07, 6.45) is 3.26. The molecule has 0 saturated carbocycles. The lowest BCUT2D eigenvalue weighted by atomic mass is 10.3. The Morgan fingerprint density at radius 1 is 1.47 bits per heavy atom. The quantitative estimate of drug-likeness (QED) is 0.581. The first-order valence-electron chi connectivity index (χ1n) is 4.46. The van der Waals surface area contributed by atoms with E-state index in [-0.39, 0.29) is 6.61 Å². The molecule has 0 unspecified atom stereocenters. The van der Waals surface area contributed by atoms with Gasteiger partial charge in [0, 0.05) is 12.3 Å². The fourth-order valence-electron chi connectivity index (χ4n) is 1.33. The van der Waals surface area contributed by atoms with Gasteiger partial charge in [-0.25, -0.2) is 4.79 Å². The Labute approximate surface area is 84.4 Å². The molecule has 2 rings (SSSR count). The molecule has 0 amide bonds. The molecule has 1 aliphatic heterocycles. The number of ether oxygens (including phenoxy) is 1. The van der Waals surface area contributed by atoms with Gasteiger partial charge in [-0.3, -0.25) is 14.3 Å². The number of hydrogen-bond donors (Lipinski definition) is 2. The predicted molar refractivity (Wildman–Crippen MR) is 51.5 cm³/mol. The van der Waals surface area contributed by atoms with Gasteiger partial charge in [-0.1, -0.05) is 6.08 Å². The van der Waals surface area contributed by atoms with Gasteiger partial charge in [-0.15, -0.1) is 0 Å². The zero-order valence-electron chi connectivity index (χ0n) is 7.79. The summed E-state index contributed by atoms with van der Waals surface area (Å²) in [5, 5.41) is 9.13. The van der Waals surface area contributed by atoms with E-state index in [9.17, 15) is 9.59 Å². The number of rotatable bonds is 1. The lowest BCUT2D eigenvalue weighted by Gasteiger charge is -2.21. The summed E-state index contributed by atoms with van der Waals surface area (Å²) >= 11 is 0. The highest BCUT2D eigenvalue weighted by atomic mass is 16.5. The van der Waals surface area contributed by atoms with Gasteiger partial charge in [-0.05, 0) is 6.08 Å². The van der Waals surface area contributed by atoms with Gasteiger partial charge in [0.15, 0.2) is 6.23 Å². The van der Waals surface area contributed by atoms with Crippen LogP contribution >= 0.6 is 0 Å². The van der Waals surface area contributed by atoms with E-state index in [1.165, 1.54) is 16.8 Å². The fourth-order valence-corrected chi connectivity index (χ4v) is 1.33. The predicted octanol–water partition coefficient (Wildman–Crippen LogP) is -1.02. The van der Waals surface area contributed by atoms with Crippen molar-refractivity contribution in [3.05, 3.63) is 45.3 Å². The molecule has 1 aromatic rings. The summed E-state index contributed by atoms with van der Waals surface area (Å²) in [4.78, 5) is 24.3. The molecule has 15 heavy (non-hydrogen) atoms. The van der Waals surface area contributed by atoms with E-state index >= 15 is 0 Å². The summed E-state index contributed by atoms with van der Waals surface area (Å²) in [6, 6.07) is 1.24. The van der Waals surface area contributed by atoms with E-state index in [0.717, 1.165) is 0 Å². The molecule has 0 fully saturated rings. The Hall–Kier alpha value is -1.66. The first kappa shape index (κ1) is 9.88. The highest BCUT2D eigenvalue weighted by Crippen LogP contribution is 2.13. The van der Waals surface area contributed by atoms with Gasteiger partial charge in [0.05, 0.1) is 12.7 Å². The molecular weight excluding hydrogens is 200 g/mol. The van der Waals surface area contributed by atoms with Crippen LogP contribution in [0, 0.1) is 0 Å². The number of nitrogens with zero attached hydrogens (tertiary/aromatic N) is 1. The first-order chi connectivity index (χ1) is 7.16. The minimum Gasteiger partial charge on any atom is -0.387 e. The van der Waals surface area contributed by atoms with Gasteiger partial charge in [0.25, 0.3) is 5.56 Å².